The minimum absolute atomic E-state index is 0.0869. The summed E-state index contributed by atoms with van der Waals surface area (Å²) in [5.74, 6) is 0.369. The molecule has 1 aliphatic carbocycles. The summed E-state index contributed by atoms with van der Waals surface area (Å²) in [6, 6.07) is 12.0. The van der Waals surface area contributed by atoms with Crippen molar-refractivity contribution in [3.8, 4) is 0 Å². The highest BCUT2D eigenvalue weighted by molar-refractivity contribution is 5.80. The molecule has 4 nitrogen and oxygen atoms in total. The van der Waals surface area contributed by atoms with E-state index in [-0.39, 0.29) is 17.8 Å². The van der Waals surface area contributed by atoms with E-state index in [1.54, 1.807) is 10.8 Å². The fraction of sp³-hybridized carbons (Fsp3) is 0.429. The van der Waals surface area contributed by atoms with Crippen LogP contribution in [-0.2, 0) is 22.4 Å². The molecule has 0 bridgehead atoms. The summed E-state index contributed by atoms with van der Waals surface area (Å²) in [6.07, 6.45) is 3.81. The smallest absolute Gasteiger partial charge is 0.418 e. The lowest BCUT2D eigenvalue weighted by Crippen LogP contribution is -2.28. The summed E-state index contributed by atoms with van der Waals surface area (Å²) in [4.78, 5) is 24.8. The van der Waals surface area contributed by atoms with Gasteiger partial charge in [-0.1, -0.05) is 30.3 Å². The third-order valence-corrected chi connectivity index (χ3v) is 4.53. The van der Waals surface area contributed by atoms with Gasteiger partial charge in [-0.3, -0.25) is 9.36 Å². The second kappa shape index (κ2) is 6.87. The van der Waals surface area contributed by atoms with Gasteiger partial charge in [0.05, 0.1) is 0 Å². The molecule has 1 heterocycles. The average molecular weight is 339 g/mol. The van der Waals surface area contributed by atoms with E-state index in [0.717, 1.165) is 16.8 Å². The van der Waals surface area contributed by atoms with Crippen LogP contribution in [0.25, 0.3) is 0 Å². The van der Waals surface area contributed by atoms with Crippen LogP contribution in [0.3, 0.4) is 0 Å². The van der Waals surface area contributed by atoms with Crippen LogP contribution >= 0.6 is 0 Å². The van der Waals surface area contributed by atoms with Crippen LogP contribution in [0.1, 0.15) is 56.4 Å². The standard InChI is InChI=1S/C21H25NO3/c1-21(2,3)25-20(24)22-12-11-16-9-10-18(23)13-17(14-19(16)22)15-7-5-4-6-8-15/h4-8,11-12,17H,9-10,13-14H2,1-3H3. The summed E-state index contributed by atoms with van der Waals surface area (Å²) < 4.78 is 7.16. The Labute approximate surface area is 148 Å². The highest BCUT2D eigenvalue weighted by atomic mass is 16.6. The maximum atomic E-state index is 12.6. The lowest BCUT2D eigenvalue weighted by molar-refractivity contribution is -0.119. The fourth-order valence-corrected chi connectivity index (χ4v) is 3.36. The molecule has 4 heteroatoms. The number of benzene rings is 1. The lowest BCUT2D eigenvalue weighted by atomic mass is 9.85. The summed E-state index contributed by atoms with van der Waals surface area (Å²) in [7, 11) is 0. The molecule has 0 N–H and O–H groups in total. The molecule has 132 valence electrons. The minimum atomic E-state index is -0.537. The molecular weight excluding hydrogens is 314 g/mol. The van der Waals surface area contributed by atoms with Gasteiger partial charge >= 0.3 is 6.09 Å². The third-order valence-electron chi connectivity index (χ3n) is 4.53. The topological polar surface area (TPSA) is 48.3 Å². The number of ether oxygens (including phenoxy) is 1. The molecule has 2 aromatic rings. The fourth-order valence-electron chi connectivity index (χ4n) is 3.36. The van der Waals surface area contributed by atoms with Gasteiger partial charge in [0, 0.05) is 24.7 Å². The quantitative estimate of drug-likeness (QED) is 0.768. The summed E-state index contributed by atoms with van der Waals surface area (Å²) in [6.45, 7) is 5.59. The van der Waals surface area contributed by atoms with Gasteiger partial charge in [-0.15, -0.1) is 0 Å². The Bertz CT molecular complexity index is 768. The van der Waals surface area contributed by atoms with E-state index in [2.05, 4.69) is 12.1 Å². The number of hydrogen-bond acceptors (Lipinski definition) is 3. The van der Waals surface area contributed by atoms with Crippen LogP contribution in [0.15, 0.2) is 42.6 Å². The number of carbonyl (C=O) groups excluding carboxylic acids is 2. The predicted molar refractivity (Wildman–Crippen MR) is 96.9 cm³/mol. The van der Waals surface area contributed by atoms with Gasteiger partial charge in [0.2, 0.25) is 0 Å². The van der Waals surface area contributed by atoms with E-state index in [0.29, 0.717) is 25.7 Å². The van der Waals surface area contributed by atoms with E-state index in [4.69, 9.17) is 4.74 Å². The molecule has 3 rings (SSSR count). The second-order valence-electron chi connectivity index (χ2n) is 7.69. The zero-order valence-electron chi connectivity index (χ0n) is 15.1. The van der Waals surface area contributed by atoms with E-state index < -0.39 is 5.60 Å². The van der Waals surface area contributed by atoms with Crippen LogP contribution in [0, 0.1) is 0 Å². The number of rotatable bonds is 1. The van der Waals surface area contributed by atoms with Crippen molar-refractivity contribution in [2.45, 2.75) is 58.0 Å². The van der Waals surface area contributed by atoms with Gasteiger partial charge in [0.15, 0.2) is 0 Å². The molecule has 0 amide bonds. The molecule has 0 fully saturated rings. The van der Waals surface area contributed by atoms with Gasteiger partial charge < -0.3 is 4.74 Å². The van der Waals surface area contributed by atoms with Crippen molar-refractivity contribution in [3.05, 3.63) is 59.4 Å². The molecule has 1 aliphatic rings. The van der Waals surface area contributed by atoms with Crippen LogP contribution in [0.4, 0.5) is 4.79 Å². The van der Waals surface area contributed by atoms with E-state index >= 15 is 0 Å². The van der Waals surface area contributed by atoms with Crippen molar-refractivity contribution < 1.29 is 14.3 Å². The molecule has 1 atom stereocenters. The Morgan fingerprint density at radius 2 is 1.80 bits per heavy atom. The molecule has 0 aliphatic heterocycles. The summed E-state index contributed by atoms with van der Waals surface area (Å²) >= 11 is 0. The van der Waals surface area contributed by atoms with Crippen molar-refractivity contribution in [1.29, 1.82) is 0 Å². The van der Waals surface area contributed by atoms with Crippen LogP contribution in [0.2, 0.25) is 0 Å². The Hall–Kier alpha value is -2.36. The summed E-state index contributed by atoms with van der Waals surface area (Å²) in [5, 5.41) is 0. The predicted octanol–water partition coefficient (Wildman–Crippen LogP) is 4.50. The molecule has 1 aromatic carbocycles. The van der Waals surface area contributed by atoms with E-state index in [1.807, 2.05) is 45.0 Å². The Kier molecular flexibility index (Phi) is 4.80. The number of aromatic nitrogens is 1. The minimum Gasteiger partial charge on any atom is -0.443 e. The van der Waals surface area contributed by atoms with Crippen molar-refractivity contribution in [3.63, 3.8) is 0 Å². The third kappa shape index (κ3) is 4.19. The van der Waals surface area contributed by atoms with Crippen LogP contribution in [-0.4, -0.2) is 22.0 Å². The monoisotopic (exact) mass is 339 g/mol. The van der Waals surface area contributed by atoms with Crippen molar-refractivity contribution in [2.75, 3.05) is 0 Å². The number of aryl methyl sites for hydroxylation is 1. The number of ketones is 1. The highest BCUT2D eigenvalue weighted by Gasteiger charge is 2.27. The van der Waals surface area contributed by atoms with Gasteiger partial charge in [-0.2, -0.15) is 0 Å². The Morgan fingerprint density at radius 3 is 2.48 bits per heavy atom. The highest BCUT2D eigenvalue weighted by Crippen LogP contribution is 2.30. The van der Waals surface area contributed by atoms with Crippen molar-refractivity contribution in [1.82, 2.24) is 4.57 Å². The molecule has 0 radical (unpaired) electrons. The van der Waals surface area contributed by atoms with Crippen molar-refractivity contribution in [2.24, 2.45) is 0 Å². The van der Waals surface area contributed by atoms with Crippen molar-refractivity contribution >= 4 is 11.9 Å². The van der Waals surface area contributed by atoms with E-state index in [1.165, 1.54) is 0 Å². The molecule has 1 aromatic heterocycles. The van der Waals surface area contributed by atoms with Gasteiger partial charge in [0.25, 0.3) is 0 Å². The van der Waals surface area contributed by atoms with Gasteiger partial charge in [0.1, 0.15) is 11.4 Å². The first kappa shape index (κ1) is 17.5. The molecular formula is C21H25NO3. The maximum Gasteiger partial charge on any atom is 0.418 e. The van der Waals surface area contributed by atoms with Gasteiger partial charge in [-0.25, -0.2) is 4.79 Å². The van der Waals surface area contributed by atoms with E-state index in [9.17, 15) is 9.59 Å². The number of carbonyl (C=O) groups is 2. The largest absolute Gasteiger partial charge is 0.443 e. The molecule has 0 spiro atoms. The average Bonchev–Trinajstić information content (AvgIpc) is 2.92. The number of hydrogen-bond donors (Lipinski definition) is 0. The maximum absolute atomic E-state index is 12.6. The zero-order valence-corrected chi connectivity index (χ0v) is 15.1. The molecule has 0 saturated heterocycles. The molecule has 0 saturated carbocycles. The first-order chi connectivity index (χ1) is 11.8. The molecule has 1 unspecified atom stereocenters. The van der Waals surface area contributed by atoms with Crippen LogP contribution in [0.5, 0.6) is 0 Å². The Morgan fingerprint density at radius 1 is 1.08 bits per heavy atom. The van der Waals surface area contributed by atoms with Crippen LogP contribution < -0.4 is 0 Å². The lowest BCUT2D eigenvalue weighted by Gasteiger charge is -2.24. The zero-order chi connectivity index (χ0) is 18.0. The molecule has 25 heavy (non-hydrogen) atoms. The number of fused-ring (bicyclic) bond motifs is 1. The first-order valence-corrected chi connectivity index (χ1v) is 8.82. The first-order valence-electron chi connectivity index (χ1n) is 8.82. The summed E-state index contributed by atoms with van der Waals surface area (Å²) in [5.41, 5.74) is 2.64. The Balaban J connectivity index is 1.95. The number of Topliss-reactive ketones (excluding diaryl/α,β-unsaturated/α-hetero) is 1. The normalized spacial score (nSPS) is 18.2. The SMILES string of the molecule is CC(C)(C)OC(=O)n1ccc2c1CC(c1ccccc1)CC(=O)CC2. The number of nitrogens with zero attached hydrogens (tertiary/aromatic N) is 1. The van der Waals surface area contributed by atoms with Gasteiger partial charge in [-0.05, 0) is 56.7 Å². The second-order valence-corrected chi connectivity index (χ2v) is 7.69.